The molecule has 0 bridgehead atoms. The molecule has 2 fully saturated rings. The zero-order chi connectivity index (χ0) is 12.7. The van der Waals surface area contributed by atoms with Crippen molar-refractivity contribution >= 4 is 5.69 Å². The first-order valence-electron chi connectivity index (χ1n) is 7.71. The number of hydrogen-bond donors (Lipinski definition) is 1. The van der Waals surface area contributed by atoms with Crippen molar-refractivity contribution in [1.29, 1.82) is 0 Å². The molecule has 3 heteroatoms. The van der Waals surface area contributed by atoms with Gasteiger partial charge in [0.05, 0.1) is 0 Å². The fourth-order valence-electron chi connectivity index (χ4n) is 3.98. The summed E-state index contributed by atoms with van der Waals surface area (Å²) in [5.41, 5.74) is 4.44. The van der Waals surface area contributed by atoms with Crippen molar-refractivity contribution in [2.75, 3.05) is 38.0 Å². The molecule has 3 aliphatic heterocycles. The number of benzene rings is 1. The predicted octanol–water partition coefficient (Wildman–Crippen LogP) is 1.93. The normalized spacial score (nSPS) is 27.1. The van der Waals surface area contributed by atoms with Crippen molar-refractivity contribution in [3.8, 4) is 0 Å². The highest BCUT2D eigenvalue weighted by Crippen LogP contribution is 2.29. The third kappa shape index (κ3) is 2.15. The third-order valence-electron chi connectivity index (χ3n) is 5.00. The Morgan fingerprint density at radius 2 is 2.21 bits per heavy atom. The Morgan fingerprint density at radius 1 is 1.21 bits per heavy atom. The van der Waals surface area contributed by atoms with Crippen LogP contribution in [0.25, 0.3) is 0 Å². The second-order valence-electron chi connectivity index (χ2n) is 6.20. The second kappa shape index (κ2) is 4.80. The molecule has 1 atom stereocenters. The topological polar surface area (TPSA) is 18.5 Å². The highest BCUT2D eigenvalue weighted by atomic mass is 15.3. The summed E-state index contributed by atoms with van der Waals surface area (Å²) >= 11 is 0. The van der Waals surface area contributed by atoms with E-state index >= 15 is 0 Å². The first kappa shape index (κ1) is 11.7. The molecule has 1 N–H and O–H groups in total. The van der Waals surface area contributed by atoms with Crippen LogP contribution in [-0.4, -0.2) is 48.6 Å². The van der Waals surface area contributed by atoms with E-state index in [4.69, 9.17) is 0 Å². The molecule has 0 aliphatic carbocycles. The van der Waals surface area contributed by atoms with Crippen LogP contribution in [0.5, 0.6) is 0 Å². The van der Waals surface area contributed by atoms with E-state index < -0.39 is 0 Å². The smallest absolute Gasteiger partial charge is 0.0419 e. The van der Waals surface area contributed by atoms with E-state index in [9.17, 15) is 0 Å². The Bertz CT molecular complexity index is 471. The average Bonchev–Trinajstić information content (AvgIpc) is 3.06. The zero-order valence-corrected chi connectivity index (χ0v) is 11.6. The van der Waals surface area contributed by atoms with Gasteiger partial charge < -0.3 is 5.32 Å². The molecule has 3 heterocycles. The molecular weight excluding hydrogens is 234 g/mol. The Hall–Kier alpha value is -1.06. The van der Waals surface area contributed by atoms with Crippen LogP contribution < -0.4 is 5.32 Å². The molecule has 4 rings (SSSR count). The van der Waals surface area contributed by atoms with Crippen molar-refractivity contribution in [2.24, 2.45) is 0 Å². The predicted molar refractivity (Wildman–Crippen MR) is 78.5 cm³/mol. The molecule has 0 spiro atoms. The Labute approximate surface area is 115 Å². The summed E-state index contributed by atoms with van der Waals surface area (Å²) in [6, 6.07) is 7.64. The van der Waals surface area contributed by atoms with Crippen LogP contribution in [0.2, 0.25) is 0 Å². The van der Waals surface area contributed by atoms with E-state index in [0.717, 1.165) is 19.1 Å². The van der Waals surface area contributed by atoms with E-state index in [2.05, 4.69) is 33.3 Å². The fourth-order valence-corrected chi connectivity index (χ4v) is 3.98. The third-order valence-corrected chi connectivity index (χ3v) is 5.00. The molecule has 19 heavy (non-hydrogen) atoms. The molecule has 0 amide bonds. The van der Waals surface area contributed by atoms with Gasteiger partial charge in [0.25, 0.3) is 0 Å². The summed E-state index contributed by atoms with van der Waals surface area (Å²) in [7, 11) is 0. The summed E-state index contributed by atoms with van der Waals surface area (Å²) in [6.07, 6.45) is 4.00. The monoisotopic (exact) mass is 257 g/mol. The van der Waals surface area contributed by atoms with Crippen molar-refractivity contribution in [1.82, 2.24) is 9.80 Å². The van der Waals surface area contributed by atoms with Gasteiger partial charge in [-0.2, -0.15) is 0 Å². The van der Waals surface area contributed by atoms with Crippen LogP contribution in [0.1, 0.15) is 24.0 Å². The van der Waals surface area contributed by atoms with Crippen LogP contribution in [-0.2, 0) is 13.0 Å². The first-order chi connectivity index (χ1) is 9.40. The van der Waals surface area contributed by atoms with Crippen molar-refractivity contribution in [2.45, 2.75) is 31.8 Å². The number of piperazine rings is 1. The molecule has 102 valence electrons. The number of anilines is 1. The van der Waals surface area contributed by atoms with Crippen LogP contribution in [0.3, 0.4) is 0 Å². The highest BCUT2D eigenvalue weighted by Gasteiger charge is 2.30. The molecular formula is C16H23N3. The van der Waals surface area contributed by atoms with Gasteiger partial charge in [-0.1, -0.05) is 18.2 Å². The number of hydrogen-bond acceptors (Lipinski definition) is 3. The summed E-state index contributed by atoms with van der Waals surface area (Å²) in [6.45, 7) is 7.35. The molecule has 1 aromatic rings. The second-order valence-corrected chi connectivity index (χ2v) is 6.20. The van der Waals surface area contributed by atoms with Gasteiger partial charge in [0.15, 0.2) is 0 Å². The first-order valence-corrected chi connectivity index (χ1v) is 7.71. The standard InChI is InChI=1S/C16H23N3/c1-3-13-6-7-17-16(13)14(4-1)11-18-9-10-19-8-2-5-15(19)12-18/h1,3-4,15,17H,2,5-12H2. The lowest BCUT2D eigenvalue weighted by molar-refractivity contribution is 0.0995. The van der Waals surface area contributed by atoms with Gasteiger partial charge in [0, 0.05) is 44.5 Å². The average molecular weight is 257 g/mol. The van der Waals surface area contributed by atoms with E-state index in [1.165, 1.54) is 62.3 Å². The van der Waals surface area contributed by atoms with Crippen molar-refractivity contribution in [3.05, 3.63) is 29.3 Å². The van der Waals surface area contributed by atoms with Gasteiger partial charge >= 0.3 is 0 Å². The quantitative estimate of drug-likeness (QED) is 0.873. The summed E-state index contributed by atoms with van der Waals surface area (Å²) in [4.78, 5) is 5.34. The number of fused-ring (bicyclic) bond motifs is 2. The molecule has 3 nitrogen and oxygen atoms in total. The minimum Gasteiger partial charge on any atom is -0.384 e. The molecule has 3 aliphatic rings. The zero-order valence-electron chi connectivity index (χ0n) is 11.6. The molecule has 1 aromatic carbocycles. The number of nitrogens with zero attached hydrogens (tertiary/aromatic N) is 2. The molecule has 1 unspecified atom stereocenters. The highest BCUT2D eigenvalue weighted by molar-refractivity contribution is 5.61. The van der Waals surface area contributed by atoms with E-state index in [1.807, 2.05) is 0 Å². The van der Waals surface area contributed by atoms with Gasteiger partial charge in [-0.05, 0) is 36.9 Å². The van der Waals surface area contributed by atoms with Crippen LogP contribution in [0.15, 0.2) is 18.2 Å². The summed E-state index contributed by atoms with van der Waals surface area (Å²) in [5.74, 6) is 0. The summed E-state index contributed by atoms with van der Waals surface area (Å²) in [5, 5.41) is 3.57. The van der Waals surface area contributed by atoms with Gasteiger partial charge in [-0.15, -0.1) is 0 Å². The lowest BCUT2D eigenvalue weighted by Gasteiger charge is -2.37. The maximum absolute atomic E-state index is 3.57. The minimum atomic E-state index is 0.832. The minimum absolute atomic E-state index is 0.832. The lowest BCUT2D eigenvalue weighted by atomic mass is 10.1. The van der Waals surface area contributed by atoms with Crippen LogP contribution >= 0.6 is 0 Å². The number of rotatable bonds is 2. The summed E-state index contributed by atoms with van der Waals surface area (Å²) < 4.78 is 0. The van der Waals surface area contributed by atoms with E-state index in [0.29, 0.717) is 0 Å². The SMILES string of the molecule is c1cc2c(c(CN3CCN4CCCC4C3)c1)NCC2. The maximum Gasteiger partial charge on any atom is 0.0419 e. The van der Waals surface area contributed by atoms with Crippen LogP contribution in [0.4, 0.5) is 5.69 Å². The number of para-hydroxylation sites is 1. The number of nitrogens with one attached hydrogen (secondary N) is 1. The van der Waals surface area contributed by atoms with E-state index in [-0.39, 0.29) is 0 Å². The largest absolute Gasteiger partial charge is 0.384 e. The molecule has 2 saturated heterocycles. The molecule has 0 saturated carbocycles. The maximum atomic E-state index is 3.57. The van der Waals surface area contributed by atoms with Gasteiger partial charge in [0.1, 0.15) is 0 Å². The fraction of sp³-hybridized carbons (Fsp3) is 0.625. The van der Waals surface area contributed by atoms with Crippen molar-refractivity contribution in [3.63, 3.8) is 0 Å². The molecule has 0 aromatic heterocycles. The molecule has 0 radical (unpaired) electrons. The van der Waals surface area contributed by atoms with Crippen molar-refractivity contribution < 1.29 is 0 Å². The Morgan fingerprint density at radius 3 is 3.21 bits per heavy atom. The Balaban J connectivity index is 1.48. The van der Waals surface area contributed by atoms with Gasteiger partial charge in [-0.25, -0.2) is 0 Å². The van der Waals surface area contributed by atoms with E-state index in [1.54, 1.807) is 0 Å². The van der Waals surface area contributed by atoms with Gasteiger partial charge in [0.2, 0.25) is 0 Å². The van der Waals surface area contributed by atoms with Crippen LogP contribution in [0, 0.1) is 0 Å². The van der Waals surface area contributed by atoms with Gasteiger partial charge in [-0.3, -0.25) is 9.80 Å². The Kier molecular flexibility index (Phi) is 2.97. The lowest BCUT2D eigenvalue weighted by Crippen LogP contribution is -2.49.